The van der Waals surface area contributed by atoms with Gasteiger partial charge in [0.1, 0.15) is 11.5 Å². The zero-order valence-corrected chi connectivity index (χ0v) is 10.8. The summed E-state index contributed by atoms with van der Waals surface area (Å²) in [5.41, 5.74) is 8.34. The second kappa shape index (κ2) is 6.40. The molecule has 1 rings (SSSR count). The average molecular weight is 235 g/mol. The summed E-state index contributed by atoms with van der Waals surface area (Å²) >= 11 is 0. The summed E-state index contributed by atoms with van der Waals surface area (Å²) in [6.07, 6.45) is 2.15. The lowest BCUT2D eigenvalue weighted by atomic mass is 9.98. The van der Waals surface area contributed by atoms with E-state index in [0.29, 0.717) is 12.8 Å². The Balaban J connectivity index is 2.88. The monoisotopic (exact) mass is 235 g/mol. The minimum atomic E-state index is -0.139. The molecule has 0 aliphatic carbocycles. The Morgan fingerprint density at radius 1 is 1.47 bits per heavy atom. The number of ketones is 1. The zero-order chi connectivity index (χ0) is 12.8. The van der Waals surface area contributed by atoms with E-state index >= 15 is 0 Å². The van der Waals surface area contributed by atoms with Gasteiger partial charge in [0.05, 0.1) is 7.11 Å². The predicted octanol–water partition coefficient (Wildman–Crippen LogP) is 2.63. The van der Waals surface area contributed by atoms with Crippen LogP contribution in [0.4, 0.5) is 0 Å². The highest BCUT2D eigenvalue weighted by atomic mass is 16.5. The van der Waals surface area contributed by atoms with Gasteiger partial charge in [0.2, 0.25) is 0 Å². The highest BCUT2D eigenvalue weighted by Gasteiger charge is 2.13. The molecule has 0 aromatic heterocycles. The lowest BCUT2D eigenvalue weighted by Crippen LogP contribution is -2.13. The molecule has 0 fully saturated rings. The predicted molar refractivity (Wildman–Crippen MR) is 69.2 cm³/mol. The summed E-state index contributed by atoms with van der Waals surface area (Å²) in [5, 5.41) is 0. The molecule has 0 aliphatic rings. The number of hydrogen-bond acceptors (Lipinski definition) is 3. The molecule has 0 saturated carbocycles. The molecule has 2 N–H and O–H groups in total. The Hall–Kier alpha value is -1.35. The van der Waals surface area contributed by atoms with E-state index in [9.17, 15) is 4.79 Å². The molecule has 3 heteroatoms. The number of rotatable bonds is 6. The Kier molecular flexibility index (Phi) is 5.16. The van der Waals surface area contributed by atoms with Crippen LogP contribution in [0.3, 0.4) is 0 Å². The maximum Gasteiger partial charge on any atom is 0.129 e. The Morgan fingerprint density at radius 2 is 2.18 bits per heavy atom. The maximum absolute atomic E-state index is 11.0. The molecule has 1 atom stereocenters. The average Bonchev–Trinajstić information content (AvgIpc) is 2.34. The van der Waals surface area contributed by atoms with Gasteiger partial charge in [-0.15, -0.1) is 0 Å². The molecular formula is C14H21NO2. The molecule has 0 bridgehead atoms. The normalized spacial score (nSPS) is 12.2. The smallest absolute Gasteiger partial charge is 0.129 e. The van der Waals surface area contributed by atoms with Crippen LogP contribution < -0.4 is 10.5 Å². The van der Waals surface area contributed by atoms with Crippen molar-refractivity contribution in [2.75, 3.05) is 7.11 Å². The maximum atomic E-state index is 11.0. The van der Waals surface area contributed by atoms with E-state index in [1.54, 1.807) is 14.0 Å². The van der Waals surface area contributed by atoms with Crippen molar-refractivity contribution in [2.24, 2.45) is 5.73 Å². The highest BCUT2D eigenvalue weighted by Crippen LogP contribution is 2.27. The van der Waals surface area contributed by atoms with Gasteiger partial charge in [0, 0.05) is 18.0 Å². The van der Waals surface area contributed by atoms with Crippen LogP contribution in [0.2, 0.25) is 0 Å². The third kappa shape index (κ3) is 3.86. The van der Waals surface area contributed by atoms with Gasteiger partial charge >= 0.3 is 0 Å². The van der Waals surface area contributed by atoms with E-state index in [2.05, 4.69) is 13.0 Å². The van der Waals surface area contributed by atoms with Crippen LogP contribution in [0, 0.1) is 0 Å². The molecule has 0 saturated heterocycles. The van der Waals surface area contributed by atoms with Crippen LogP contribution in [0.1, 0.15) is 43.9 Å². The molecule has 0 amide bonds. The fourth-order valence-corrected chi connectivity index (χ4v) is 1.81. The molecule has 0 radical (unpaired) electrons. The fraction of sp³-hybridized carbons (Fsp3) is 0.500. The summed E-state index contributed by atoms with van der Waals surface area (Å²) in [6, 6.07) is 5.92. The van der Waals surface area contributed by atoms with Gasteiger partial charge in [0.15, 0.2) is 0 Å². The lowest BCUT2D eigenvalue weighted by molar-refractivity contribution is -0.117. The van der Waals surface area contributed by atoms with Crippen LogP contribution in [-0.4, -0.2) is 12.9 Å². The quantitative estimate of drug-likeness (QED) is 0.824. The molecule has 1 aromatic carbocycles. The highest BCUT2D eigenvalue weighted by molar-refractivity contribution is 5.75. The number of aryl methyl sites for hydroxylation is 1. The summed E-state index contributed by atoms with van der Waals surface area (Å²) < 4.78 is 5.31. The number of hydrogen-bond donors (Lipinski definition) is 1. The first-order valence-electron chi connectivity index (χ1n) is 6.00. The number of Topliss-reactive ketones (excluding diaryl/α,β-unsaturated/α-hetero) is 1. The molecule has 1 unspecified atom stereocenters. The summed E-state index contributed by atoms with van der Waals surface area (Å²) in [4.78, 5) is 11.0. The number of methoxy groups -OCH3 is 1. The SMILES string of the molecule is CCc1ccc(OC)c(C(N)CCC(C)=O)c1. The first kappa shape index (κ1) is 13.7. The van der Waals surface area contributed by atoms with Crippen molar-refractivity contribution >= 4 is 5.78 Å². The number of ether oxygens (including phenoxy) is 1. The number of carbonyl (C=O) groups excluding carboxylic acids is 1. The molecule has 1 aromatic rings. The first-order chi connectivity index (χ1) is 8.08. The third-order valence-electron chi connectivity index (χ3n) is 2.91. The topological polar surface area (TPSA) is 52.3 Å². The summed E-state index contributed by atoms with van der Waals surface area (Å²) in [5.74, 6) is 0.976. The minimum absolute atomic E-state index is 0.139. The zero-order valence-electron chi connectivity index (χ0n) is 10.8. The van der Waals surface area contributed by atoms with E-state index in [1.165, 1.54) is 5.56 Å². The summed E-state index contributed by atoms with van der Waals surface area (Å²) in [6.45, 7) is 3.69. The molecule has 17 heavy (non-hydrogen) atoms. The third-order valence-corrected chi connectivity index (χ3v) is 2.91. The molecule has 3 nitrogen and oxygen atoms in total. The Labute approximate surface area is 103 Å². The van der Waals surface area contributed by atoms with Crippen LogP contribution in [0.15, 0.2) is 18.2 Å². The van der Waals surface area contributed by atoms with Crippen LogP contribution in [-0.2, 0) is 11.2 Å². The van der Waals surface area contributed by atoms with Gasteiger partial charge in [-0.3, -0.25) is 0 Å². The van der Waals surface area contributed by atoms with Crippen molar-refractivity contribution in [3.63, 3.8) is 0 Å². The van der Waals surface area contributed by atoms with Gasteiger partial charge in [0.25, 0.3) is 0 Å². The van der Waals surface area contributed by atoms with Gasteiger partial charge in [-0.05, 0) is 31.4 Å². The van der Waals surface area contributed by atoms with E-state index < -0.39 is 0 Å². The lowest BCUT2D eigenvalue weighted by Gasteiger charge is -2.16. The van der Waals surface area contributed by atoms with Crippen LogP contribution in [0.25, 0.3) is 0 Å². The van der Waals surface area contributed by atoms with Gasteiger partial charge in [-0.25, -0.2) is 0 Å². The van der Waals surface area contributed by atoms with Crippen molar-refractivity contribution in [1.29, 1.82) is 0 Å². The number of carbonyl (C=O) groups is 1. The number of benzene rings is 1. The first-order valence-corrected chi connectivity index (χ1v) is 6.00. The van der Waals surface area contributed by atoms with Crippen molar-refractivity contribution < 1.29 is 9.53 Å². The van der Waals surface area contributed by atoms with Gasteiger partial charge < -0.3 is 15.3 Å². The largest absolute Gasteiger partial charge is 0.496 e. The van der Waals surface area contributed by atoms with Crippen LogP contribution in [0.5, 0.6) is 5.75 Å². The van der Waals surface area contributed by atoms with E-state index in [1.807, 2.05) is 12.1 Å². The van der Waals surface area contributed by atoms with Crippen molar-refractivity contribution in [3.8, 4) is 5.75 Å². The van der Waals surface area contributed by atoms with E-state index in [-0.39, 0.29) is 11.8 Å². The molecule has 0 aliphatic heterocycles. The minimum Gasteiger partial charge on any atom is -0.496 e. The van der Waals surface area contributed by atoms with E-state index in [4.69, 9.17) is 10.5 Å². The molecule has 0 heterocycles. The second-order valence-corrected chi connectivity index (χ2v) is 4.28. The van der Waals surface area contributed by atoms with Crippen molar-refractivity contribution in [1.82, 2.24) is 0 Å². The molecule has 0 spiro atoms. The standard InChI is InChI=1S/C14H21NO2/c1-4-11-6-8-14(17-3)12(9-11)13(15)7-5-10(2)16/h6,8-9,13H,4-5,7,15H2,1-3H3. The fourth-order valence-electron chi connectivity index (χ4n) is 1.81. The van der Waals surface area contributed by atoms with E-state index in [0.717, 1.165) is 17.7 Å². The van der Waals surface area contributed by atoms with Gasteiger partial charge in [-0.2, -0.15) is 0 Å². The van der Waals surface area contributed by atoms with Crippen molar-refractivity contribution in [3.05, 3.63) is 29.3 Å². The summed E-state index contributed by atoms with van der Waals surface area (Å²) in [7, 11) is 1.64. The van der Waals surface area contributed by atoms with Gasteiger partial charge in [-0.1, -0.05) is 19.1 Å². The van der Waals surface area contributed by atoms with Crippen LogP contribution >= 0.6 is 0 Å². The second-order valence-electron chi connectivity index (χ2n) is 4.28. The Bertz CT molecular complexity index is 388. The number of nitrogens with two attached hydrogens (primary N) is 1. The molecular weight excluding hydrogens is 214 g/mol. The Morgan fingerprint density at radius 3 is 2.71 bits per heavy atom. The van der Waals surface area contributed by atoms with Crippen molar-refractivity contribution in [2.45, 2.75) is 39.2 Å². The molecule has 94 valence electrons.